The summed E-state index contributed by atoms with van der Waals surface area (Å²) in [6, 6.07) is 0. The van der Waals surface area contributed by atoms with Crippen LogP contribution in [0.5, 0.6) is 0 Å². The van der Waals surface area contributed by atoms with E-state index in [-0.39, 0.29) is 122 Å². The first-order valence-corrected chi connectivity index (χ1v) is 0. The summed E-state index contributed by atoms with van der Waals surface area (Å²) in [6.45, 7) is 0. The molecule has 0 amide bonds. The van der Waals surface area contributed by atoms with Crippen molar-refractivity contribution in [3.63, 3.8) is 0 Å². The minimum Gasteiger partial charge on any atom is -0.0149 e. The Morgan fingerprint density at radius 2 is 1.00 bits per heavy atom. The molecule has 0 bridgehead atoms. The quantitative estimate of drug-likeness (QED) is 0.410. The molecule has 0 heterocycles. The molecule has 0 saturated carbocycles. The Hall–Kier alpha value is 3.80. The van der Waals surface area contributed by atoms with E-state index in [4.69, 9.17) is 0 Å². The molecule has 0 rings (SSSR count). The zero-order valence-corrected chi connectivity index (χ0v) is 10.4. The van der Waals surface area contributed by atoms with Crippen LogP contribution < -0.4 is 0 Å². The van der Waals surface area contributed by atoms with E-state index in [9.17, 15) is 0 Å². The zero-order valence-electron chi connectivity index (χ0n) is 1.70. The van der Waals surface area contributed by atoms with Crippen molar-refractivity contribution in [2.24, 2.45) is 0 Å². The van der Waals surface area contributed by atoms with Gasteiger partial charge in [0, 0.05) is 111 Å². The van der Waals surface area contributed by atoms with Crippen LogP contribution in [0.1, 0.15) is 0 Å². The van der Waals surface area contributed by atoms with Crippen LogP contribution >= 0.6 is 0 Å². The number of hydrogen-bond acceptors (Lipinski definition) is 0. The maximum atomic E-state index is 0. The predicted octanol–water partition coefficient (Wildman–Crippen LogP) is -1.46. The standard InChI is InChI=1S/Ce.Cu.La.Ni.H4Si/h;;;;1H4. The molecule has 2 radical (unpaired) electrons. The Labute approximate surface area is 119 Å². The van der Waals surface area contributed by atoms with Crippen molar-refractivity contribution in [1.29, 1.82) is 0 Å². The summed E-state index contributed by atoms with van der Waals surface area (Å²) >= 11 is 0. The molecule has 36 valence electrons. The van der Waals surface area contributed by atoms with Crippen molar-refractivity contribution in [1.82, 2.24) is 0 Å². The van der Waals surface area contributed by atoms with E-state index in [2.05, 4.69) is 0 Å². The maximum absolute atomic E-state index is 0. The Bertz CT molecular complexity index is 11.6. The second kappa shape index (κ2) is 25.0. The second-order valence-corrected chi connectivity index (χ2v) is 0. The first kappa shape index (κ1) is 37.1. The molecule has 5 heavy (non-hydrogen) atoms. The van der Waals surface area contributed by atoms with Gasteiger partial charge in [-0.05, 0) is 11.0 Å². The van der Waals surface area contributed by atoms with Gasteiger partial charge in [-0.25, -0.2) is 0 Å². The van der Waals surface area contributed by atoms with E-state index in [1.165, 1.54) is 0 Å². The molecule has 0 aromatic rings. The Kier molecular flexibility index (Phi) is 185. The molecule has 5 heteroatoms. The third-order valence-electron chi connectivity index (χ3n) is 0. The van der Waals surface area contributed by atoms with E-state index in [1.807, 2.05) is 0 Å². The van der Waals surface area contributed by atoms with Gasteiger partial charge in [0.1, 0.15) is 0 Å². The monoisotopic (exact) mass is 432 g/mol. The van der Waals surface area contributed by atoms with Crippen molar-refractivity contribution in [3.05, 3.63) is 0 Å². The summed E-state index contributed by atoms with van der Waals surface area (Å²) < 4.78 is 0. The molecule has 0 saturated heterocycles. The van der Waals surface area contributed by atoms with Crippen molar-refractivity contribution in [2.45, 2.75) is 0 Å². The predicted molar refractivity (Wildman–Crippen MR) is 11.3 cm³/mol. The molecule has 0 unspecified atom stereocenters. The van der Waals surface area contributed by atoms with Gasteiger partial charge >= 0.3 is 0 Å². The summed E-state index contributed by atoms with van der Waals surface area (Å²) in [5.41, 5.74) is 0. The van der Waals surface area contributed by atoms with Crippen LogP contribution in [0, 0.1) is 77.3 Å². The molecule has 0 spiro atoms. The van der Waals surface area contributed by atoms with Gasteiger partial charge in [0.2, 0.25) is 0 Å². The molecule has 0 fully saturated rings. The van der Waals surface area contributed by atoms with E-state index in [0.717, 1.165) is 0 Å². The summed E-state index contributed by atoms with van der Waals surface area (Å²) in [6.07, 6.45) is 0. The van der Waals surface area contributed by atoms with E-state index < -0.39 is 0 Å². The van der Waals surface area contributed by atoms with Gasteiger partial charge in [-0.15, -0.1) is 0 Å². The van der Waals surface area contributed by atoms with Crippen molar-refractivity contribution in [3.8, 4) is 0 Å². The maximum Gasteiger partial charge on any atom is 0 e. The third-order valence-corrected chi connectivity index (χ3v) is 0. The fourth-order valence-electron chi connectivity index (χ4n) is 0. The van der Waals surface area contributed by atoms with Gasteiger partial charge < -0.3 is 0 Å². The average molecular weight is 433 g/mol. The second-order valence-electron chi connectivity index (χ2n) is 0. The van der Waals surface area contributed by atoms with Crippen LogP contribution in [0.15, 0.2) is 0 Å². The van der Waals surface area contributed by atoms with Crippen LogP contribution in [0.3, 0.4) is 0 Å². The smallest absolute Gasteiger partial charge is 0 e. The van der Waals surface area contributed by atoms with Crippen molar-refractivity contribution < 1.29 is 111 Å². The largest absolute Gasteiger partial charge is 0.0149 e. The van der Waals surface area contributed by atoms with Gasteiger partial charge in [0.05, 0.1) is 0 Å². The minimum absolute atomic E-state index is 0. The van der Waals surface area contributed by atoms with Gasteiger partial charge in [0.25, 0.3) is 0 Å². The summed E-state index contributed by atoms with van der Waals surface area (Å²) in [7, 11) is 0. The van der Waals surface area contributed by atoms with Crippen molar-refractivity contribution in [2.75, 3.05) is 0 Å². The van der Waals surface area contributed by atoms with Crippen LogP contribution in [-0.4, -0.2) is 11.0 Å². The van der Waals surface area contributed by atoms with Crippen molar-refractivity contribution >= 4 is 11.0 Å². The SMILES string of the molecule is [Ce].[Cu].[La].[Ni].[SiH4]. The van der Waals surface area contributed by atoms with Crippen LogP contribution in [0.4, 0.5) is 0 Å². The number of hydrogen-bond donors (Lipinski definition) is 0. The molecule has 0 aliphatic heterocycles. The number of rotatable bonds is 0. The molecule has 0 aromatic heterocycles. The molecular weight excluding hydrogens is 429 g/mol. The van der Waals surface area contributed by atoms with E-state index >= 15 is 0 Å². The molecule has 0 atom stereocenters. The Balaban J connectivity index is 0. The first-order chi connectivity index (χ1) is 0. The summed E-state index contributed by atoms with van der Waals surface area (Å²) in [5.74, 6) is 0. The fourth-order valence-corrected chi connectivity index (χ4v) is 0. The van der Waals surface area contributed by atoms with Gasteiger partial charge in [0.15, 0.2) is 0 Å². The third kappa shape index (κ3) is 18.2. The summed E-state index contributed by atoms with van der Waals surface area (Å²) in [5, 5.41) is 0. The normalized spacial score (nSPS) is 0. The molecule has 0 aliphatic rings. The topological polar surface area (TPSA) is 0 Å². The van der Waals surface area contributed by atoms with E-state index in [1.54, 1.807) is 0 Å². The Morgan fingerprint density at radius 3 is 1.00 bits per heavy atom. The van der Waals surface area contributed by atoms with Crippen LogP contribution in [-0.2, 0) is 33.6 Å². The van der Waals surface area contributed by atoms with Gasteiger partial charge in [-0.2, -0.15) is 0 Å². The average Bonchev–Trinajstić information content (AvgIpc) is 0. The molecule has 0 N–H and O–H groups in total. The molecule has 0 aliphatic carbocycles. The minimum atomic E-state index is 0. The van der Waals surface area contributed by atoms with Gasteiger partial charge in [-0.3, -0.25) is 0 Å². The molecular formula is H4CeCuLaNiSi. The fraction of sp³-hybridized carbons (Fsp3) is 0. The summed E-state index contributed by atoms with van der Waals surface area (Å²) in [4.78, 5) is 0. The van der Waals surface area contributed by atoms with Crippen LogP contribution in [0.2, 0.25) is 0 Å². The zero-order chi connectivity index (χ0) is 0. The molecule has 0 aromatic carbocycles. The van der Waals surface area contributed by atoms with Crippen LogP contribution in [0.25, 0.3) is 0 Å². The molecule has 0 nitrogen and oxygen atoms in total. The van der Waals surface area contributed by atoms with Gasteiger partial charge in [-0.1, -0.05) is 0 Å². The first-order valence-electron chi connectivity index (χ1n) is 0. The Morgan fingerprint density at radius 1 is 1.00 bits per heavy atom. The van der Waals surface area contributed by atoms with E-state index in [0.29, 0.717) is 0 Å².